The zero-order valence-corrected chi connectivity index (χ0v) is 24.3. The standard InChI is InChI=1S/C32H38N6O3/c1-20-6-12-25(13-7-20)38-28(18-27(36-38)32(3,4)5)35-31(40)34-24-10-8-22(9-11-24)29(23-14-16-33-17-15-23)30(39)26-19-41-37-21(26)2/h6-13,18-19,23,29,33H,14-17H2,1-5H3,(H2,34,35,40). The topological polar surface area (TPSA) is 114 Å². The molecular weight excluding hydrogens is 516 g/mol. The van der Waals surface area contributed by atoms with Crippen molar-refractivity contribution in [2.75, 3.05) is 23.7 Å². The van der Waals surface area contributed by atoms with Crippen molar-refractivity contribution in [3.8, 4) is 5.69 Å². The predicted molar refractivity (Wildman–Crippen MR) is 160 cm³/mol. The van der Waals surface area contributed by atoms with E-state index in [2.05, 4.69) is 41.9 Å². The second-order valence-electron chi connectivity index (χ2n) is 11.9. The Morgan fingerprint density at radius 3 is 2.29 bits per heavy atom. The summed E-state index contributed by atoms with van der Waals surface area (Å²) in [4.78, 5) is 26.7. The number of hydrogen-bond acceptors (Lipinski definition) is 6. The van der Waals surface area contributed by atoms with E-state index < -0.39 is 0 Å². The van der Waals surface area contributed by atoms with Gasteiger partial charge in [0.1, 0.15) is 12.1 Å². The molecule has 0 radical (unpaired) electrons. The number of anilines is 2. The van der Waals surface area contributed by atoms with Gasteiger partial charge < -0.3 is 15.2 Å². The Kier molecular flexibility index (Phi) is 8.08. The number of rotatable bonds is 7. The number of carbonyl (C=O) groups excluding carboxylic acids is 2. The van der Waals surface area contributed by atoms with Gasteiger partial charge in [-0.3, -0.25) is 10.1 Å². The summed E-state index contributed by atoms with van der Waals surface area (Å²) in [5.74, 6) is 0.499. The Bertz CT molecular complexity index is 1510. The number of ketones is 1. The highest BCUT2D eigenvalue weighted by molar-refractivity contribution is 6.02. The highest BCUT2D eigenvalue weighted by Gasteiger charge is 2.33. The second-order valence-corrected chi connectivity index (χ2v) is 11.9. The van der Waals surface area contributed by atoms with Crippen LogP contribution in [0, 0.1) is 19.8 Å². The average Bonchev–Trinajstić information content (AvgIpc) is 3.57. The van der Waals surface area contributed by atoms with E-state index in [1.807, 2.05) is 61.5 Å². The van der Waals surface area contributed by atoms with E-state index in [4.69, 9.17) is 9.62 Å². The summed E-state index contributed by atoms with van der Waals surface area (Å²) in [6.07, 6.45) is 3.26. The molecule has 1 atom stereocenters. The van der Waals surface area contributed by atoms with Crippen molar-refractivity contribution in [2.24, 2.45) is 5.92 Å². The molecule has 1 saturated heterocycles. The fraction of sp³-hybridized carbons (Fsp3) is 0.375. The quantitative estimate of drug-likeness (QED) is 0.228. The minimum Gasteiger partial charge on any atom is -0.364 e. The number of amides is 2. The SMILES string of the molecule is Cc1ccc(-n2nc(C(C)(C)C)cc2NC(=O)Nc2ccc(C(C(=O)c3conc3C)C3CCNCC3)cc2)cc1. The lowest BCUT2D eigenvalue weighted by Crippen LogP contribution is -2.33. The van der Waals surface area contributed by atoms with Gasteiger partial charge in [0.05, 0.1) is 28.6 Å². The zero-order chi connectivity index (χ0) is 29.1. The van der Waals surface area contributed by atoms with Crippen LogP contribution in [-0.2, 0) is 5.41 Å². The first kappa shape index (κ1) is 28.3. The van der Waals surface area contributed by atoms with Crippen molar-refractivity contribution in [1.29, 1.82) is 0 Å². The smallest absolute Gasteiger partial charge is 0.324 e. The van der Waals surface area contributed by atoms with Gasteiger partial charge in [0.2, 0.25) is 0 Å². The normalized spacial score (nSPS) is 15.0. The van der Waals surface area contributed by atoms with Crippen molar-refractivity contribution < 1.29 is 14.1 Å². The molecule has 214 valence electrons. The van der Waals surface area contributed by atoms with E-state index in [-0.39, 0.29) is 29.1 Å². The van der Waals surface area contributed by atoms with Crippen LogP contribution in [0.2, 0.25) is 0 Å². The Morgan fingerprint density at radius 2 is 1.68 bits per heavy atom. The van der Waals surface area contributed by atoms with Gasteiger partial charge in [-0.2, -0.15) is 5.10 Å². The third-order valence-electron chi connectivity index (χ3n) is 7.68. The van der Waals surface area contributed by atoms with Gasteiger partial charge in [-0.1, -0.05) is 55.8 Å². The summed E-state index contributed by atoms with van der Waals surface area (Å²) in [5.41, 5.74) is 5.36. The molecule has 0 spiro atoms. The van der Waals surface area contributed by atoms with Crippen LogP contribution in [0.25, 0.3) is 5.69 Å². The lowest BCUT2D eigenvalue weighted by molar-refractivity contribution is 0.0915. The summed E-state index contributed by atoms with van der Waals surface area (Å²) in [5, 5.41) is 18.0. The molecule has 0 saturated carbocycles. The van der Waals surface area contributed by atoms with E-state index >= 15 is 0 Å². The first-order valence-corrected chi connectivity index (χ1v) is 14.1. The third-order valence-corrected chi connectivity index (χ3v) is 7.68. The zero-order valence-electron chi connectivity index (χ0n) is 24.3. The maximum Gasteiger partial charge on any atom is 0.324 e. The lowest BCUT2D eigenvalue weighted by Gasteiger charge is -2.30. The molecule has 0 aliphatic carbocycles. The number of piperidine rings is 1. The minimum atomic E-state index is -0.377. The van der Waals surface area contributed by atoms with Crippen molar-refractivity contribution >= 4 is 23.3 Å². The highest BCUT2D eigenvalue weighted by Crippen LogP contribution is 2.35. The van der Waals surface area contributed by atoms with Gasteiger partial charge >= 0.3 is 6.03 Å². The van der Waals surface area contributed by atoms with Crippen LogP contribution in [0.5, 0.6) is 0 Å². The first-order valence-electron chi connectivity index (χ1n) is 14.1. The second kappa shape index (κ2) is 11.7. The molecule has 3 heterocycles. The van der Waals surface area contributed by atoms with Crippen LogP contribution in [0.4, 0.5) is 16.3 Å². The largest absolute Gasteiger partial charge is 0.364 e. The monoisotopic (exact) mass is 554 g/mol. The van der Waals surface area contributed by atoms with Crippen LogP contribution < -0.4 is 16.0 Å². The number of aromatic nitrogens is 3. The van der Waals surface area contributed by atoms with E-state index in [9.17, 15) is 9.59 Å². The summed E-state index contributed by atoms with van der Waals surface area (Å²) >= 11 is 0. The Labute approximate surface area is 240 Å². The van der Waals surface area contributed by atoms with Gasteiger partial charge in [0.15, 0.2) is 5.78 Å². The van der Waals surface area contributed by atoms with Crippen molar-refractivity contribution in [3.63, 3.8) is 0 Å². The number of carbonyl (C=O) groups is 2. The van der Waals surface area contributed by atoms with Gasteiger partial charge in [-0.05, 0) is 75.5 Å². The summed E-state index contributed by atoms with van der Waals surface area (Å²) < 4.78 is 6.82. The predicted octanol–water partition coefficient (Wildman–Crippen LogP) is 6.38. The molecule has 2 aromatic heterocycles. The number of benzene rings is 2. The molecule has 41 heavy (non-hydrogen) atoms. The Hall–Kier alpha value is -4.24. The van der Waals surface area contributed by atoms with Crippen LogP contribution in [0.15, 0.2) is 65.4 Å². The number of nitrogens with zero attached hydrogens (tertiary/aromatic N) is 3. The highest BCUT2D eigenvalue weighted by atomic mass is 16.5. The van der Waals surface area contributed by atoms with Crippen LogP contribution in [-0.4, -0.2) is 39.8 Å². The van der Waals surface area contributed by atoms with Crippen LogP contribution in [0.3, 0.4) is 0 Å². The van der Waals surface area contributed by atoms with Crippen molar-refractivity contribution in [1.82, 2.24) is 20.3 Å². The van der Waals surface area contributed by atoms with E-state index in [0.717, 1.165) is 48.4 Å². The number of Topliss-reactive ketones (excluding diaryl/α,β-unsaturated/α-hetero) is 1. The van der Waals surface area contributed by atoms with Gasteiger partial charge in [-0.15, -0.1) is 0 Å². The molecule has 9 heteroatoms. The molecule has 5 rings (SSSR count). The Morgan fingerprint density at radius 1 is 1.00 bits per heavy atom. The molecule has 3 N–H and O–H groups in total. The fourth-order valence-corrected chi connectivity index (χ4v) is 5.28. The maximum absolute atomic E-state index is 13.6. The van der Waals surface area contributed by atoms with Gasteiger partial charge in [0, 0.05) is 17.2 Å². The first-order chi connectivity index (χ1) is 19.6. The molecule has 2 amide bonds. The van der Waals surface area contributed by atoms with Crippen LogP contribution >= 0.6 is 0 Å². The fourth-order valence-electron chi connectivity index (χ4n) is 5.28. The van der Waals surface area contributed by atoms with Gasteiger partial charge in [-0.25, -0.2) is 9.48 Å². The molecule has 2 aromatic carbocycles. The van der Waals surface area contributed by atoms with E-state index in [1.165, 1.54) is 6.26 Å². The average molecular weight is 555 g/mol. The van der Waals surface area contributed by atoms with Crippen molar-refractivity contribution in [2.45, 2.75) is 58.8 Å². The maximum atomic E-state index is 13.6. The molecular formula is C32H38N6O3. The molecule has 4 aromatic rings. The molecule has 9 nitrogen and oxygen atoms in total. The van der Waals surface area contributed by atoms with Crippen LogP contribution in [0.1, 0.15) is 72.4 Å². The lowest BCUT2D eigenvalue weighted by atomic mass is 9.76. The molecule has 1 aliphatic rings. The number of aryl methyl sites for hydroxylation is 2. The summed E-state index contributed by atoms with van der Waals surface area (Å²) in [6, 6.07) is 17.1. The number of hydrogen-bond donors (Lipinski definition) is 3. The number of urea groups is 1. The summed E-state index contributed by atoms with van der Waals surface area (Å²) in [7, 11) is 0. The van der Waals surface area contributed by atoms with Gasteiger partial charge in [0.25, 0.3) is 0 Å². The van der Waals surface area contributed by atoms with Crippen molar-refractivity contribution in [3.05, 3.63) is 88.9 Å². The molecule has 1 fully saturated rings. The van der Waals surface area contributed by atoms with E-state index in [0.29, 0.717) is 22.8 Å². The number of nitrogens with one attached hydrogen (secondary N) is 3. The van der Waals surface area contributed by atoms with E-state index in [1.54, 1.807) is 11.6 Å². The minimum absolute atomic E-state index is 0.0214. The molecule has 0 bridgehead atoms. The molecule has 1 unspecified atom stereocenters. The summed E-state index contributed by atoms with van der Waals surface area (Å²) in [6.45, 7) is 11.9. The third kappa shape index (κ3) is 6.41. The molecule has 1 aliphatic heterocycles. The Balaban J connectivity index is 1.35.